The van der Waals surface area contributed by atoms with E-state index < -0.39 is 0 Å². The summed E-state index contributed by atoms with van der Waals surface area (Å²) in [5.41, 5.74) is 1.50. The molecule has 1 amide bonds. The summed E-state index contributed by atoms with van der Waals surface area (Å²) in [7, 11) is 0. The average Bonchev–Trinajstić information content (AvgIpc) is 3.09. The van der Waals surface area contributed by atoms with Crippen LogP contribution in [0.25, 0.3) is 10.8 Å². The first kappa shape index (κ1) is 16.5. The van der Waals surface area contributed by atoms with Crippen LogP contribution in [0.15, 0.2) is 77.5 Å². The molecule has 0 bridgehead atoms. The second-order valence-electron chi connectivity index (χ2n) is 5.84. The summed E-state index contributed by atoms with van der Waals surface area (Å²) in [4.78, 5) is 17.0. The SMILES string of the molecule is O=C(Nc1ccnn1Cc1ccc(Br)cc1)c1nccc2ccccc12. The van der Waals surface area contributed by atoms with Gasteiger partial charge in [-0.3, -0.25) is 9.78 Å². The van der Waals surface area contributed by atoms with Crippen LogP contribution in [0.5, 0.6) is 0 Å². The lowest BCUT2D eigenvalue weighted by atomic mass is 10.1. The number of pyridine rings is 1. The number of halogens is 1. The number of fused-ring (bicyclic) bond motifs is 1. The van der Waals surface area contributed by atoms with Crippen molar-refractivity contribution in [1.29, 1.82) is 0 Å². The van der Waals surface area contributed by atoms with Crippen molar-refractivity contribution in [1.82, 2.24) is 14.8 Å². The maximum atomic E-state index is 12.8. The van der Waals surface area contributed by atoms with E-state index in [1.807, 2.05) is 54.6 Å². The average molecular weight is 407 g/mol. The largest absolute Gasteiger partial charge is 0.305 e. The van der Waals surface area contributed by atoms with E-state index in [2.05, 4.69) is 31.3 Å². The van der Waals surface area contributed by atoms with Gasteiger partial charge in [-0.25, -0.2) is 4.68 Å². The lowest BCUT2D eigenvalue weighted by Gasteiger charge is -2.10. The van der Waals surface area contributed by atoms with Crippen LogP contribution >= 0.6 is 15.9 Å². The molecule has 2 heterocycles. The highest BCUT2D eigenvalue weighted by atomic mass is 79.9. The smallest absolute Gasteiger partial charge is 0.276 e. The number of carbonyl (C=O) groups is 1. The third-order valence-corrected chi connectivity index (χ3v) is 4.62. The van der Waals surface area contributed by atoms with Gasteiger partial charge in [0.05, 0.1) is 12.7 Å². The van der Waals surface area contributed by atoms with Crippen molar-refractivity contribution in [3.05, 3.63) is 88.8 Å². The predicted octanol–water partition coefficient (Wildman–Crippen LogP) is 4.49. The molecule has 0 saturated heterocycles. The van der Waals surface area contributed by atoms with Crippen LogP contribution in [0, 0.1) is 0 Å². The highest BCUT2D eigenvalue weighted by Crippen LogP contribution is 2.18. The van der Waals surface area contributed by atoms with Gasteiger partial charge in [0.15, 0.2) is 0 Å². The van der Waals surface area contributed by atoms with Crippen molar-refractivity contribution in [3.63, 3.8) is 0 Å². The molecule has 0 radical (unpaired) electrons. The molecule has 0 fully saturated rings. The van der Waals surface area contributed by atoms with Crippen LogP contribution in [-0.2, 0) is 6.54 Å². The Balaban J connectivity index is 1.59. The number of anilines is 1. The van der Waals surface area contributed by atoms with Crippen molar-refractivity contribution in [2.24, 2.45) is 0 Å². The fourth-order valence-electron chi connectivity index (χ4n) is 2.80. The molecular formula is C20H15BrN4O. The Hall–Kier alpha value is -2.99. The van der Waals surface area contributed by atoms with Crippen LogP contribution in [0.1, 0.15) is 16.1 Å². The number of amides is 1. The molecule has 0 atom stereocenters. The minimum atomic E-state index is -0.251. The second-order valence-corrected chi connectivity index (χ2v) is 6.75. The van der Waals surface area contributed by atoms with Crippen LogP contribution in [0.4, 0.5) is 5.82 Å². The molecule has 0 saturated carbocycles. The van der Waals surface area contributed by atoms with Gasteiger partial charge in [-0.05, 0) is 29.1 Å². The molecular weight excluding hydrogens is 392 g/mol. The summed E-state index contributed by atoms with van der Waals surface area (Å²) in [6.45, 7) is 0.568. The van der Waals surface area contributed by atoms with Crippen molar-refractivity contribution in [3.8, 4) is 0 Å². The maximum absolute atomic E-state index is 12.8. The van der Waals surface area contributed by atoms with E-state index in [0.717, 1.165) is 20.8 Å². The first-order valence-electron chi connectivity index (χ1n) is 8.12. The quantitative estimate of drug-likeness (QED) is 0.542. The Labute approximate surface area is 158 Å². The second kappa shape index (κ2) is 7.09. The minimum absolute atomic E-state index is 0.251. The zero-order valence-corrected chi connectivity index (χ0v) is 15.3. The molecule has 0 aliphatic heterocycles. The van der Waals surface area contributed by atoms with E-state index >= 15 is 0 Å². The summed E-state index contributed by atoms with van der Waals surface area (Å²) >= 11 is 3.43. The van der Waals surface area contributed by atoms with E-state index in [-0.39, 0.29) is 5.91 Å². The summed E-state index contributed by atoms with van der Waals surface area (Å²) in [5, 5.41) is 9.04. The minimum Gasteiger partial charge on any atom is -0.305 e. The predicted molar refractivity (Wildman–Crippen MR) is 105 cm³/mol. The van der Waals surface area contributed by atoms with Crippen LogP contribution in [-0.4, -0.2) is 20.7 Å². The van der Waals surface area contributed by atoms with Gasteiger partial charge in [0.25, 0.3) is 5.91 Å². The molecule has 4 aromatic rings. The summed E-state index contributed by atoms with van der Waals surface area (Å²) in [5.74, 6) is 0.381. The molecule has 4 rings (SSSR count). The maximum Gasteiger partial charge on any atom is 0.276 e. The van der Waals surface area contributed by atoms with E-state index in [1.165, 1.54) is 0 Å². The van der Waals surface area contributed by atoms with Gasteiger partial charge in [-0.2, -0.15) is 5.10 Å². The molecule has 6 heteroatoms. The number of nitrogens with one attached hydrogen (secondary N) is 1. The zero-order chi connectivity index (χ0) is 17.9. The molecule has 2 aromatic carbocycles. The summed E-state index contributed by atoms with van der Waals surface area (Å²) in [6.07, 6.45) is 3.32. The Kier molecular flexibility index (Phi) is 4.50. The number of benzene rings is 2. The first-order chi connectivity index (χ1) is 12.7. The summed E-state index contributed by atoms with van der Waals surface area (Å²) < 4.78 is 2.78. The van der Waals surface area contributed by atoms with Gasteiger partial charge < -0.3 is 5.32 Å². The molecule has 0 unspecified atom stereocenters. The van der Waals surface area contributed by atoms with Crippen molar-refractivity contribution in [2.45, 2.75) is 6.54 Å². The topological polar surface area (TPSA) is 59.8 Å². The third kappa shape index (κ3) is 3.36. The third-order valence-electron chi connectivity index (χ3n) is 4.09. The van der Waals surface area contributed by atoms with E-state index in [0.29, 0.717) is 18.1 Å². The highest BCUT2D eigenvalue weighted by molar-refractivity contribution is 9.10. The zero-order valence-electron chi connectivity index (χ0n) is 13.8. The van der Waals surface area contributed by atoms with E-state index in [4.69, 9.17) is 0 Å². The van der Waals surface area contributed by atoms with Crippen LogP contribution in [0.2, 0.25) is 0 Å². The molecule has 0 aliphatic rings. The number of carbonyl (C=O) groups excluding carboxylic acids is 1. The highest BCUT2D eigenvalue weighted by Gasteiger charge is 2.14. The van der Waals surface area contributed by atoms with Gasteiger partial charge in [-0.1, -0.05) is 52.3 Å². The molecule has 5 nitrogen and oxygen atoms in total. The standard InChI is InChI=1S/C20H15BrN4O/c21-16-7-5-14(6-8-16)13-25-18(10-12-23-25)24-20(26)19-17-4-2-1-3-15(17)9-11-22-19/h1-12H,13H2,(H,24,26). The first-order valence-corrected chi connectivity index (χ1v) is 8.91. The number of hydrogen-bond donors (Lipinski definition) is 1. The Morgan fingerprint density at radius 1 is 1.00 bits per heavy atom. The van der Waals surface area contributed by atoms with E-state index in [1.54, 1.807) is 23.1 Å². The van der Waals surface area contributed by atoms with Gasteiger partial charge in [0.2, 0.25) is 0 Å². The molecule has 26 heavy (non-hydrogen) atoms. The van der Waals surface area contributed by atoms with Gasteiger partial charge in [0, 0.05) is 22.1 Å². The molecule has 128 valence electrons. The van der Waals surface area contributed by atoms with Crippen LogP contribution in [0.3, 0.4) is 0 Å². The number of hydrogen-bond acceptors (Lipinski definition) is 3. The fourth-order valence-corrected chi connectivity index (χ4v) is 3.07. The van der Waals surface area contributed by atoms with Gasteiger partial charge >= 0.3 is 0 Å². The lowest BCUT2D eigenvalue weighted by Crippen LogP contribution is -2.17. The monoisotopic (exact) mass is 406 g/mol. The number of rotatable bonds is 4. The Bertz CT molecular complexity index is 1070. The number of nitrogens with zero attached hydrogens (tertiary/aromatic N) is 3. The number of aromatic nitrogens is 3. The van der Waals surface area contributed by atoms with Gasteiger partial charge in [0.1, 0.15) is 11.5 Å². The molecule has 2 aromatic heterocycles. The molecule has 1 N–H and O–H groups in total. The normalized spacial score (nSPS) is 10.8. The molecule has 0 aliphatic carbocycles. The molecule has 0 spiro atoms. The van der Waals surface area contributed by atoms with E-state index in [9.17, 15) is 4.79 Å². The summed E-state index contributed by atoms with van der Waals surface area (Å²) in [6, 6.07) is 19.4. The Morgan fingerprint density at radius 3 is 2.65 bits per heavy atom. The van der Waals surface area contributed by atoms with Gasteiger partial charge in [-0.15, -0.1) is 0 Å². The lowest BCUT2D eigenvalue weighted by molar-refractivity contribution is 0.102. The van der Waals surface area contributed by atoms with Crippen molar-refractivity contribution < 1.29 is 4.79 Å². The van der Waals surface area contributed by atoms with Crippen LogP contribution < -0.4 is 5.32 Å². The Morgan fingerprint density at radius 2 is 1.81 bits per heavy atom. The van der Waals surface area contributed by atoms with Crippen molar-refractivity contribution in [2.75, 3.05) is 5.32 Å². The fraction of sp³-hybridized carbons (Fsp3) is 0.0500. The van der Waals surface area contributed by atoms with Crippen molar-refractivity contribution >= 4 is 38.4 Å².